The van der Waals surface area contributed by atoms with Crippen LogP contribution in [0.15, 0.2) is 54.6 Å². The molecule has 1 heterocycles. The molecule has 0 amide bonds. The van der Waals surface area contributed by atoms with Crippen LogP contribution in [0.4, 0.5) is 8.78 Å². The van der Waals surface area contributed by atoms with E-state index in [4.69, 9.17) is 9.72 Å². The summed E-state index contributed by atoms with van der Waals surface area (Å²) in [7, 11) is 0. The molecular weight excluding hydrogens is 478 g/mol. The van der Waals surface area contributed by atoms with Crippen LogP contribution in [0.2, 0.25) is 0 Å². The van der Waals surface area contributed by atoms with E-state index in [0.29, 0.717) is 28.3 Å². The summed E-state index contributed by atoms with van der Waals surface area (Å²) in [6.45, 7) is 9.16. The Hall–Kier alpha value is -3.36. The molecule has 0 spiro atoms. The molecule has 2 aromatic carbocycles. The van der Waals surface area contributed by atoms with Crippen molar-refractivity contribution in [2.75, 3.05) is 0 Å². The van der Waals surface area contributed by atoms with E-state index in [1.807, 2.05) is 13.8 Å². The van der Waals surface area contributed by atoms with Gasteiger partial charge in [-0.25, -0.2) is 13.8 Å². The number of hydrogen-bond donors (Lipinski definition) is 2. The van der Waals surface area contributed by atoms with Crippen LogP contribution in [-0.2, 0) is 9.53 Å². The molecule has 8 heteroatoms. The Morgan fingerprint density at radius 1 is 1.00 bits per heavy atom. The van der Waals surface area contributed by atoms with E-state index in [-0.39, 0.29) is 30.4 Å². The van der Waals surface area contributed by atoms with Crippen molar-refractivity contribution in [3.8, 4) is 22.5 Å². The molecule has 6 nitrogen and oxygen atoms in total. The third-order valence-corrected chi connectivity index (χ3v) is 5.48. The molecule has 0 saturated heterocycles. The van der Waals surface area contributed by atoms with Crippen molar-refractivity contribution >= 4 is 12.2 Å². The fourth-order valence-corrected chi connectivity index (χ4v) is 3.90. The Bertz CT molecular complexity index is 1230. The summed E-state index contributed by atoms with van der Waals surface area (Å²) in [5.41, 5.74) is 1.93. The van der Waals surface area contributed by atoms with E-state index in [1.165, 1.54) is 30.3 Å². The second-order valence-electron chi connectivity index (χ2n) is 10.3. The minimum Gasteiger partial charge on any atom is -0.460 e. The standard InChI is InChI=1S/C29H34F2N2O4/c1-18(2)28-32-26(19-6-10-21(30)11-7-19)27(20-8-12-22(31)13-9-20)33(28)15-14-23(34)16-24(35)17-25(36)37-29(3,4)5/h6-15,18,23-24,34-35H,16-17H2,1-5H3/t23-,24-/m1/s1. The van der Waals surface area contributed by atoms with Gasteiger partial charge < -0.3 is 19.5 Å². The summed E-state index contributed by atoms with van der Waals surface area (Å²) < 4.78 is 34.3. The highest BCUT2D eigenvalue weighted by Crippen LogP contribution is 2.35. The highest BCUT2D eigenvalue weighted by molar-refractivity contribution is 5.80. The summed E-state index contributed by atoms with van der Waals surface area (Å²) >= 11 is 0. The van der Waals surface area contributed by atoms with Crippen molar-refractivity contribution in [1.82, 2.24) is 9.55 Å². The van der Waals surface area contributed by atoms with E-state index in [1.54, 1.807) is 55.8 Å². The summed E-state index contributed by atoms with van der Waals surface area (Å²) in [5, 5.41) is 20.9. The molecule has 2 N–H and O–H groups in total. The summed E-state index contributed by atoms with van der Waals surface area (Å²) in [6, 6.07) is 11.9. The molecule has 198 valence electrons. The summed E-state index contributed by atoms with van der Waals surface area (Å²) in [4.78, 5) is 16.8. The first-order valence-corrected chi connectivity index (χ1v) is 12.2. The largest absolute Gasteiger partial charge is 0.460 e. The van der Waals surface area contributed by atoms with Gasteiger partial charge in [-0.15, -0.1) is 0 Å². The van der Waals surface area contributed by atoms with Gasteiger partial charge in [0.05, 0.1) is 30.0 Å². The molecule has 0 aliphatic carbocycles. The second kappa shape index (κ2) is 11.8. The van der Waals surface area contributed by atoms with Crippen LogP contribution in [0.1, 0.15) is 59.2 Å². The molecule has 3 rings (SSSR count). The third-order valence-electron chi connectivity index (χ3n) is 5.48. The van der Waals surface area contributed by atoms with Gasteiger partial charge in [-0.05, 0) is 75.4 Å². The van der Waals surface area contributed by atoms with Gasteiger partial charge in [0.2, 0.25) is 0 Å². The zero-order chi connectivity index (χ0) is 27.3. The molecule has 0 unspecified atom stereocenters. The van der Waals surface area contributed by atoms with Crippen molar-refractivity contribution in [2.24, 2.45) is 0 Å². The van der Waals surface area contributed by atoms with Crippen LogP contribution >= 0.6 is 0 Å². The summed E-state index contributed by atoms with van der Waals surface area (Å²) in [5.74, 6) is -0.643. The van der Waals surface area contributed by atoms with Crippen LogP contribution in [0.25, 0.3) is 28.7 Å². The molecule has 1 aromatic heterocycles. The number of rotatable bonds is 9. The Labute approximate surface area is 216 Å². The Morgan fingerprint density at radius 3 is 2.05 bits per heavy atom. The fourth-order valence-electron chi connectivity index (χ4n) is 3.90. The zero-order valence-electron chi connectivity index (χ0n) is 21.8. The normalized spacial score (nSPS) is 13.8. The minimum absolute atomic E-state index is 0.0204. The second-order valence-corrected chi connectivity index (χ2v) is 10.3. The van der Waals surface area contributed by atoms with Crippen molar-refractivity contribution < 1.29 is 28.5 Å². The van der Waals surface area contributed by atoms with Gasteiger partial charge in [0.25, 0.3) is 0 Å². The van der Waals surface area contributed by atoms with Gasteiger partial charge in [-0.1, -0.05) is 13.8 Å². The highest BCUT2D eigenvalue weighted by Gasteiger charge is 2.23. The lowest BCUT2D eigenvalue weighted by Crippen LogP contribution is -2.27. The Balaban J connectivity index is 1.95. The number of aliphatic hydroxyl groups excluding tert-OH is 2. The maximum atomic E-state index is 13.7. The number of ether oxygens (including phenoxy) is 1. The van der Waals surface area contributed by atoms with Crippen LogP contribution < -0.4 is 0 Å². The number of imidazole rings is 1. The lowest BCUT2D eigenvalue weighted by Gasteiger charge is -2.21. The maximum Gasteiger partial charge on any atom is 0.308 e. The first-order valence-electron chi connectivity index (χ1n) is 12.2. The molecule has 0 saturated carbocycles. The van der Waals surface area contributed by atoms with Crippen molar-refractivity contribution in [1.29, 1.82) is 0 Å². The van der Waals surface area contributed by atoms with Gasteiger partial charge in [-0.3, -0.25) is 4.79 Å². The van der Waals surface area contributed by atoms with E-state index in [2.05, 4.69) is 0 Å². The lowest BCUT2D eigenvalue weighted by molar-refractivity contribution is -0.157. The molecule has 0 aliphatic heterocycles. The monoisotopic (exact) mass is 512 g/mol. The number of nitrogens with zero attached hydrogens (tertiary/aromatic N) is 2. The van der Waals surface area contributed by atoms with E-state index in [0.717, 1.165) is 0 Å². The van der Waals surface area contributed by atoms with Gasteiger partial charge in [0.1, 0.15) is 23.1 Å². The molecule has 0 fully saturated rings. The molecule has 2 atom stereocenters. The number of aromatic nitrogens is 2. The number of halogens is 2. The topological polar surface area (TPSA) is 84.6 Å². The van der Waals surface area contributed by atoms with Crippen LogP contribution in [0.3, 0.4) is 0 Å². The summed E-state index contributed by atoms with van der Waals surface area (Å²) in [6.07, 6.45) is 0.702. The lowest BCUT2D eigenvalue weighted by atomic mass is 10.0. The quantitative estimate of drug-likeness (QED) is 0.347. The predicted molar refractivity (Wildman–Crippen MR) is 140 cm³/mol. The molecule has 0 bridgehead atoms. The first kappa shape index (κ1) is 28.2. The van der Waals surface area contributed by atoms with Gasteiger partial charge in [0.15, 0.2) is 0 Å². The molecule has 37 heavy (non-hydrogen) atoms. The number of benzene rings is 2. The minimum atomic E-state index is -1.09. The van der Waals surface area contributed by atoms with Crippen LogP contribution in [0.5, 0.6) is 0 Å². The number of esters is 1. The predicted octanol–water partition coefficient (Wildman–Crippen LogP) is 5.93. The average Bonchev–Trinajstić information content (AvgIpc) is 3.17. The van der Waals surface area contributed by atoms with Gasteiger partial charge in [-0.2, -0.15) is 0 Å². The van der Waals surface area contributed by atoms with Gasteiger partial charge >= 0.3 is 5.97 Å². The van der Waals surface area contributed by atoms with Crippen LogP contribution in [-0.4, -0.2) is 43.5 Å². The maximum absolute atomic E-state index is 13.7. The Morgan fingerprint density at radius 2 is 1.54 bits per heavy atom. The Kier molecular flexibility index (Phi) is 8.99. The van der Waals surface area contributed by atoms with E-state index >= 15 is 0 Å². The number of carbonyl (C=O) groups excluding carboxylic acids is 1. The van der Waals surface area contributed by atoms with Crippen molar-refractivity contribution in [2.45, 2.75) is 71.2 Å². The number of carbonyl (C=O) groups is 1. The molecule has 3 aromatic rings. The third kappa shape index (κ3) is 7.81. The van der Waals surface area contributed by atoms with E-state index in [9.17, 15) is 23.8 Å². The fraction of sp³-hybridized carbons (Fsp3) is 0.379. The smallest absolute Gasteiger partial charge is 0.308 e. The zero-order valence-corrected chi connectivity index (χ0v) is 21.8. The molecule has 0 aliphatic rings. The SMILES string of the molecule is CC(C)c1nc(-c2ccc(F)cc2)c(-c2ccc(F)cc2)n1C=C[C@@H](O)C[C@@H](O)CC(=O)OC(C)(C)C. The van der Waals surface area contributed by atoms with Crippen molar-refractivity contribution in [3.05, 3.63) is 72.1 Å². The average molecular weight is 513 g/mol. The van der Waals surface area contributed by atoms with E-state index < -0.39 is 23.8 Å². The number of aliphatic hydroxyl groups is 2. The highest BCUT2D eigenvalue weighted by atomic mass is 19.1. The number of hydrogen-bond acceptors (Lipinski definition) is 5. The molecular formula is C29H34F2N2O4. The van der Waals surface area contributed by atoms with Crippen molar-refractivity contribution in [3.63, 3.8) is 0 Å². The first-order chi connectivity index (χ1) is 17.3. The molecule has 0 radical (unpaired) electrons. The van der Waals surface area contributed by atoms with Crippen LogP contribution in [0, 0.1) is 11.6 Å². The van der Waals surface area contributed by atoms with Gasteiger partial charge in [0, 0.05) is 29.7 Å².